The van der Waals surface area contributed by atoms with E-state index in [-0.39, 0.29) is 6.04 Å². The molecule has 1 saturated heterocycles. The summed E-state index contributed by atoms with van der Waals surface area (Å²) in [6.07, 6.45) is 2.30. The van der Waals surface area contributed by atoms with E-state index in [1.165, 1.54) is 6.42 Å². The van der Waals surface area contributed by atoms with Crippen LogP contribution in [0, 0.1) is 5.92 Å². The lowest BCUT2D eigenvalue weighted by atomic mass is 9.88. The molecule has 1 heterocycles. The normalized spacial score (nSPS) is 21.6. The Morgan fingerprint density at radius 3 is 2.94 bits per heavy atom. The van der Waals surface area contributed by atoms with E-state index >= 15 is 0 Å². The predicted molar refractivity (Wildman–Crippen MR) is 73.3 cm³/mol. The van der Waals surface area contributed by atoms with Gasteiger partial charge in [-0.15, -0.1) is 0 Å². The first-order chi connectivity index (χ1) is 8.76. The van der Waals surface area contributed by atoms with Crippen molar-refractivity contribution in [2.45, 2.75) is 18.9 Å². The number of hydrogen-bond donors (Lipinski definition) is 1. The highest BCUT2D eigenvalue weighted by Crippen LogP contribution is 2.35. The average Bonchev–Trinajstić information content (AvgIpc) is 2.42. The van der Waals surface area contributed by atoms with Crippen LogP contribution in [0.4, 0.5) is 0 Å². The third-order valence-electron chi connectivity index (χ3n) is 3.51. The van der Waals surface area contributed by atoms with Gasteiger partial charge in [-0.1, -0.05) is 17.7 Å². The van der Waals surface area contributed by atoms with E-state index in [0.29, 0.717) is 10.9 Å². The summed E-state index contributed by atoms with van der Waals surface area (Å²) in [5.41, 5.74) is 1.15. The van der Waals surface area contributed by atoms with E-state index in [1.807, 2.05) is 25.2 Å². The molecule has 1 aliphatic rings. The number of methoxy groups -OCH3 is 1. The van der Waals surface area contributed by atoms with Crippen LogP contribution in [0.3, 0.4) is 0 Å². The van der Waals surface area contributed by atoms with Crippen LogP contribution < -0.4 is 10.1 Å². The van der Waals surface area contributed by atoms with Crippen molar-refractivity contribution >= 4 is 11.6 Å². The first kappa shape index (κ1) is 13.7. The van der Waals surface area contributed by atoms with Gasteiger partial charge in [-0.25, -0.2) is 0 Å². The van der Waals surface area contributed by atoms with Crippen LogP contribution in [0.25, 0.3) is 0 Å². The number of nitrogens with one attached hydrogen (secondary N) is 1. The molecule has 3 nitrogen and oxygen atoms in total. The second kappa shape index (κ2) is 6.41. The van der Waals surface area contributed by atoms with Gasteiger partial charge in [0, 0.05) is 29.2 Å². The Bertz CT molecular complexity index is 391. The van der Waals surface area contributed by atoms with Crippen molar-refractivity contribution in [2.24, 2.45) is 5.92 Å². The standard InChI is InChI=1S/C14H20ClNO2/c1-16-14(10-4-3-7-18-9-10)12-6-5-11(15)8-13(12)17-2/h5-6,8,10,14,16H,3-4,7,9H2,1-2H3. The van der Waals surface area contributed by atoms with Crippen LogP contribution in [0.15, 0.2) is 18.2 Å². The van der Waals surface area contributed by atoms with Crippen molar-refractivity contribution in [3.63, 3.8) is 0 Å². The molecule has 0 aliphatic carbocycles. The zero-order valence-electron chi connectivity index (χ0n) is 10.9. The molecular formula is C14H20ClNO2. The van der Waals surface area contributed by atoms with Crippen LogP contribution >= 0.6 is 11.6 Å². The quantitative estimate of drug-likeness (QED) is 0.911. The Balaban J connectivity index is 2.25. The predicted octanol–water partition coefficient (Wildman–Crippen LogP) is 3.04. The van der Waals surface area contributed by atoms with Gasteiger partial charge in [0.1, 0.15) is 5.75 Å². The Morgan fingerprint density at radius 1 is 1.50 bits per heavy atom. The summed E-state index contributed by atoms with van der Waals surface area (Å²) in [6.45, 7) is 1.68. The minimum Gasteiger partial charge on any atom is -0.496 e. The maximum Gasteiger partial charge on any atom is 0.125 e. The number of benzene rings is 1. The molecule has 18 heavy (non-hydrogen) atoms. The third kappa shape index (κ3) is 2.97. The average molecular weight is 270 g/mol. The molecule has 0 bridgehead atoms. The summed E-state index contributed by atoms with van der Waals surface area (Å²) in [4.78, 5) is 0. The van der Waals surface area contributed by atoms with Gasteiger partial charge >= 0.3 is 0 Å². The molecule has 2 unspecified atom stereocenters. The monoisotopic (exact) mass is 269 g/mol. The third-order valence-corrected chi connectivity index (χ3v) is 3.74. The fourth-order valence-corrected chi connectivity index (χ4v) is 2.78. The summed E-state index contributed by atoms with van der Waals surface area (Å²) in [5, 5.41) is 4.08. The highest BCUT2D eigenvalue weighted by atomic mass is 35.5. The summed E-state index contributed by atoms with van der Waals surface area (Å²) in [5.74, 6) is 1.33. The molecule has 4 heteroatoms. The summed E-state index contributed by atoms with van der Waals surface area (Å²) >= 11 is 6.00. The Labute approximate surface area is 113 Å². The second-order valence-corrected chi connectivity index (χ2v) is 5.07. The van der Waals surface area contributed by atoms with Crippen molar-refractivity contribution in [1.29, 1.82) is 0 Å². The molecule has 0 spiro atoms. The van der Waals surface area contributed by atoms with Crippen molar-refractivity contribution in [1.82, 2.24) is 5.32 Å². The topological polar surface area (TPSA) is 30.5 Å². The van der Waals surface area contributed by atoms with Crippen LogP contribution in [0.1, 0.15) is 24.4 Å². The minimum absolute atomic E-state index is 0.248. The SMILES string of the molecule is CNC(c1ccc(Cl)cc1OC)C1CCCOC1. The summed E-state index contributed by atoms with van der Waals surface area (Å²) < 4.78 is 11.0. The molecule has 2 atom stereocenters. The van der Waals surface area contributed by atoms with Gasteiger partial charge in [0.25, 0.3) is 0 Å². The van der Waals surface area contributed by atoms with Crippen molar-refractivity contribution < 1.29 is 9.47 Å². The molecule has 1 N–H and O–H groups in total. The fraction of sp³-hybridized carbons (Fsp3) is 0.571. The molecule has 1 aromatic rings. The van der Waals surface area contributed by atoms with Crippen LogP contribution in [-0.2, 0) is 4.74 Å². The second-order valence-electron chi connectivity index (χ2n) is 4.63. The fourth-order valence-electron chi connectivity index (χ4n) is 2.62. The molecule has 0 radical (unpaired) electrons. The largest absolute Gasteiger partial charge is 0.496 e. The van der Waals surface area contributed by atoms with Gasteiger partial charge in [-0.2, -0.15) is 0 Å². The van der Waals surface area contributed by atoms with E-state index in [4.69, 9.17) is 21.1 Å². The molecular weight excluding hydrogens is 250 g/mol. The lowest BCUT2D eigenvalue weighted by molar-refractivity contribution is 0.0398. The van der Waals surface area contributed by atoms with Crippen LogP contribution in [0.2, 0.25) is 5.02 Å². The maximum atomic E-state index is 6.00. The van der Waals surface area contributed by atoms with E-state index in [9.17, 15) is 0 Å². The lowest BCUT2D eigenvalue weighted by Crippen LogP contribution is -2.31. The molecule has 0 aromatic heterocycles. The number of hydrogen-bond acceptors (Lipinski definition) is 3. The zero-order valence-corrected chi connectivity index (χ0v) is 11.7. The van der Waals surface area contributed by atoms with E-state index in [2.05, 4.69) is 5.32 Å². The van der Waals surface area contributed by atoms with Gasteiger partial charge in [0.05, 0.1) is 13.7 Å². The smallest absolute Gasteiger partial charge is 0.125 e. The first-order valence-corrected chi connectivity index (χ1v) is 6.72. The van der Waals surface area contributed by atoms with Crippen molar-refractivity contribution in [2.75, 3.05) is 27.4 Å². The molecule has 100 valence electrons. The van der Waals surface area contributed by atoms with E-state index < -0.39 is 0 Å². The summed E-state index contributed by atoms with van der Waals surface area (Å²) in [7, 11) is 3.66. The Kier molecular flexibility index (Phi) is 4.87. The molecule has 2 rings (SSSR count). The summed E-state index contributed by atoms with van der Waals surface area (Å²) in [6, 6.07) is 6.06. The molecule has 1 aromatic carbocycles. The van der Waals surface area contributed by atoms with E-state index in [1.54, 1.807) is 7.11 Å². The highest BCUT2D eigenvalue weighted by Gasteiger charge is 2.26. The minimum atomic E-state index is 0.248. The van der Waals surface area contributed by atoms with Gasteiger partial charge in [0.2, 0.25) is 0 Å². The Hall–Kier alpha value is -0.770. The lowest BCUT2D eigenvalue weighted by Gasteiger charge is -2.31. The van der Waals surface area contributed by atoms with E-state index in [0.717, 1.165) is 30.9 Å². The Morgan fingerprint density at radius 2 is 2.33 bits per heavy atom. The highest BCUT2D eigenvalue weighted by molar-refractivity contribution is 6.30. The molecule has 0 amide bonds. The van der Waals surface area contributed by atoms with Crippen LogP contribution in [-0.4, -0.2) is 27.4 Å². The van der Waals surface area contributed by atoms with Crippen LogP contribution in [0.5, 0.6) is 5.75 Å². The number of halogens is 1. The number of ether oxygens (including phenoxy) is 2. The first-order valence-electron chi connectivity index (χ1n) is 6.34. The molecule has 1 fully saturated rings. The van der Waals surface area contributed by atoms with Crippen molar-refractivity contribution in [3.05, 3.63) is 28.8 Å². The molecule has 1 aliphatic heterocycles. The zero-order chi connectivity index (χ0) is 13.0. The number of rotatable bonds is 4. The van der Waals surface area contributed by atoms with Gasteiger partial charge in [0.15, 0.2) is 0 Å². The van der Waals surface area contributed by atoms with Crippen molar-refractivity contribution in [3.8, 4) is 5.75 Å². The van der Waals surface area contributed by atoms with Gasteiger partial charge < -0.3 is 14.8 Å². The maximum absolute atomic E-state index is 6.00. The van der Waals surface area contributed by atoms with Gasteiger partial charge in [-0.05, 0) is 32.0 Å². The van der Waals surface area contributed by atoms with Gasteiger partial charge in [-0.3, -0.25) is 0 Å². The molecule has 0 saturated carbocycles.